The van der Waals surface area contributed by atoms with Gasteiger partial charge in [-0.15, -0.1) is 21.5 Å². The molecule has 1 fully saturated rings. The first-order valence-corrected chi connectivity index (χ1v) is 22.6. The number of halogens is 1. The van der Waals surface area contributed by atoms with E-state index in [-0.39, 0.29) is 30.1 Å². The van der Waals surface area contributed by atoms with Crippen LogP contribution in [0.25, 0.3) is 27.3 Å². The number of amides is 2. The SMILES string of the molecule is COc1cccc(-c2cc(C(=O)Nc3ccc(-c4ccc(OC5CCN(C(=O)CC6N=C(c7ccc(Cl)cc7)c7c(sc(C)c7C)-n7c(C)nnc76)CC5)cc4O)cc3)ccc2OC)c1. The fourth-order valence-corrected chi connectivity index (χ4v) is 9.81. The molecule has 12 nitrogen and oxygen atoms in total. The zero-order chi connectivity index (χ0) is 45.4. The molecule has 1 unspecified atom stereocenters. The van der Waals surface area contributed by atoms with Crippen LogP contribution in [0.3, 0.4) is 0 Å². The first kappa shape index (κ1) is 43.3. The van der Waals surface area contributed by atoms with Crippen molar-refractivity contribution in [1.82, 2.24) is 19.7 Å². The van der Waals surface area contributed by atoms with Gasteiger partial charge in [-0.1, -0.05) is 48.0 Å². The number of aromatic nitrogens is 3. The fourth-order valence-electron chi connectivity index (χ4n) is 8.47. The topological polar surface area (TPSA) is 140 Å². The zero-order valence-corrected chi connectivity index (χ0v) is 38.2. The number of thiophene rings is 1. The third-order valence-electron chi connectivity index (χ3n) is 12.1. The van der Waals surface area contributed by atoms with Crippen LogP contribution in [-0.2, 0) is 4.79 Å². The number of anilines is 1. The summed E-state index contributed by atoms with van der Waals surface area (Å²) < 4.78 is 19.4. The minimum Gasteiger partial charge on any atom is -0.507 e. The molecule has 0 saturated carbocycles. The number of phenols is 1. The molecule has 1 saturated heterocycles. The van der Waals surface area contributed by atoms with Crippen molar-refractivity contribution in [3.63, 3.8) is 0 Å². The molecule has 0 aliphatic carbocycles. The van der Waals surface area contributed by atoms with E-state index in [1.165, 1.54) is 4.88 Å². The maximum atomic E-state index is 14.0. The Balaban J connectivity index is 0.826. The number of methoxy groups -OCH3 is 2. The molecule has 2 aliphatic heterocycles. The van der Waals surface area contributed by atoms with E-state index in [0.717, 1.165) is 49.9 Å². The number of nitrogens with zero attached hydrogens (tertiary/aromatic N) is 5. The highest BCUT2D eigenvalue weighted by Crippen LogP contribution is 2.41. The minimum atomic E-state index is -0.544. The summed E-state index contributed by atoms with van der Waals surface area (Å²) in [6.45, 7) is 7.19. The van der Waals surface area contributed by atoms with E-state index in [0.29, 0.717) is 70.8 Å². The van der Waals surface area contributed by atoms with Crippen LogP contribution in [0.2, 0.25) is 5.02 Å². The van der Waals surface area contributed by atoms with Gasteiger partial charge in [-0.25, -0.2) is 0 Å². The van der Waals surface area contributed by atoms with Gasteiger partial charge in [0.15, 0.2) is 5.82 Å². The number of aromatic hydroxyl groups is 1. The molecule has 2 amide bonds. The number of hydrogen-bond donors (Lipinski definition) is 2. The third-order valence-corrected chi connectivity index (χ3v) is 13.5. The van der Waals surface area contributed by atoms with Crippen molar-refractivity contribution in [3.8, 4) is 50.3 Å². The number of piperidine rings is 1. The quantitative estimate of drug-likeness (QED) is 0.131. The van der Waals surface area contributed by atoms with Gasteiger partial charge in [0.1, 0.15) is 46.0 Å². The predicted molar refractivity (Wildman–Crippen MR) is 255 cm³/mol. The van der Waals surface area contributed by atoms with Crippen LogP contribution in [0, 0.1) is 20.8 Å². The van der Waals surface area contributed by atoms with E-state index < -0.39 is 6.04 Å². The van der Waals surface area contributed by atoms with Crippen molar-refractivity contribution >= 4 is 46.2 Å². The van der Waals surface area contributed by atoms with Crippen LogP contribution < -0.4 is 19.5 Å². The number of ether oxygens (including phenoxy) is 3. The Hall–Kier alpha value is -6.96. The van der Waals surface area contributed by atoms with Crippen molar-refractivity contribution in [3.05, 3.63) is 153 Å². The molecule has 0 spiro atoms. The highest BCUT2D eigenvalue weighted by atomic mass is 35.5. The average molecular weight is 907 g/mol. The molecule has 65 heavy (non-hydrogen) atoms. The van der Waals surface area contributed by atoms with Crippen LogP contribution in [0.1, 0.15) is 68.9 Å². The Morgan fingerprint density at radius 2 is 1.57 bits per heavy atom. The molecule has 0 radical (unpaired) electrons. The van der Waals surface area contributed by atoms with Crippen LogP contribution in [0.5, 0.6) is 23.0 Å². The first-order valence-electron chi connectivity index (χ1n) is 21.4. The maximum absolute atomic E-state index is 14.0. The predicted octanol–water partition coefficient (Wildman–Crippen LogP) is 10.6. The second-order valence-electron chi connectivity index (χ2n) is 16.2. The van der Waals surface area contributed by atoms with Crippen LogP contribution in [-0.4, -0.2) is 75.7 Å². The normalized spacial score (nSPS) is 14.8. The van der Waals surface area contributed by atoms with Crippen LogP contribution in [0.15, 0.2) is 114 Å². The summed E-state index contributed by atoms with van der Waals surface area (Å²) in [4.78, 5) is 35.7. The molecule has 2 aliphatic rings. The number of fused-ring (bicyclic) bond motifs is 3. The van der Waals surface area contributed by atoms with Gasteiger partial charge in [0.2, 0.25) is 5.91 Å². The van der Waals surface area contributed by atoms with E-state index >= 15 is 0 Å². The number of aryl methyl sites for hydroxylation is 2. The number of nitrogens with one attached hydrogen (secondary N) is 1. The van der Waals surface area contributed by atoms with Gasteiger partial charge in [0.05, 0.1) is 26.4 Å². The highest BCUT2D eigenvalue weighted by Gasteiger charge is 2.34. The number of carbonyl (C=O) groups is 2. The summed E-state index contributed by atoms with van der Waals surface area (Å²) in [7, 11) is 3.21. The van der Waals surface area contributed by atoms with E-state index in [9.17, 15) is 14.7 Å². The number of aliphatic imine (C=N–C) groups is 1. The molecular formula is C51H47ClN6O6S. The first-order chi connectivity index (χ1) is 31.5. The molecule has 2 N–H and O–H groups in total. The van der Waals surface area contributed by atoms with Gasteiger partial charge in [-0.05, 0) is 104 Å². The summed E-state index contributed by atoms with van der Waals surface area (Å²) in [5.74, 6) is 3.07. The van der Waals surface area contributed by atoms with Crippen molar-refractivity contribution in [1.29, 1.82) is 0 Å². The number of benzene rings is 5. The Morgan fingerprint density at radius 1 is 0.815 bits per heavy atom. The lowest BCUT2D eigenvalue weighted by molar-refractivity contribution is -0.133. The van der Waals surface area contributed by atoms with Crippen LogP contribution >= 0.6 is 22.9 Å². The van der Waals surface area contributed by atoms with E-state index in [4.69, 9.17) is 30.8 Å². The largest absolute Gasteiger partial charge is 0.507 e. The summed E-state index contributed by atoms with van der Waals surface area (Å²) in [5, 5.41) is 24.7. The Kier molecular flexibility index (Phi) is 12.2. The minimum absolute atomic E-state index is 0.00935. The lowest BCUT2D eigenvalue weighted by Crippen LogP contribution is -2.42. The molecule has 5 aromatic carbocycles. The highest BCUT2D eigenvalue weighted by molar-refractivity contribution is 7.15. The second-order valence-corrected chi connectivity index (χ2v) is 17.8. The van der Waals surface area contributed by atoms with E-state index in [1.807, 2.05) is 84.6 Å². The smallest absolute Gasteiger partial charge is 0.255 e. The lowest BCUT2D eigenvalue weighted by Gasteiger charge is -2.32. The average Bonchev–Trinajstić information content (AvgIpc) is 3.80. The standard InChI is InChI=1S/C51H47ClN6O6S/c1-29-30(2)65-51-47(29)48(33-9-14-36(52)15-10-33)54-43(49-56-55-31(3)58(49)51)28-46(60)57-23-21-38(22-24-57)64-40-18-19-41(44(59)27-40)32-11-16-37(17-12-32)53-50(61)35-13-20-45(63-5)42(26-35)34-7-6-8-39(25-34)62-4/h6-20,25-27,38,43,59H,21-24,28H2,1-5H3,(H,53,61). The number of rotatable bonds is 11. The van der Waals surface area contributed by atoms with Crippen molar-refractivity contribution < 1.29 is 28.9 Å². The summed E-state index contributed by atoms with van der Waals surface area (Å²) in [6.07, 6.45) is 1.28. The number of hydrogen-bond acceptors (Lipinski definition) is 10. The fraction of sp³-hybridized carbons (Fsp3) is 0.235. The van der Waals surface area contributed by atoms with Gasteiger partial charge in [0.25, 0.3) is 5.91 Å². The van der Waals surface area contributed by atoms with Gasteiger partial charge in [-0.3, -0.25) is 19.1 Å². The van der Waals surface area contributed by atoms with Gasteiger partial charge >= 0.3 is 0 Å². The molecule has 2 aromatic heterocycles. The number of carbonyl (C=O) groups excluding carboxylic acids is 2. The molecule has 1 atom stereocenters. The lowest BCUT2D eigenvalue weighted by atomic mass is 9.99. The Labute approximate surface area is 386 Å². The van der Waals surface area contributed by atoms with Gasteiger partial charge in [0, 0.05) is 75.4 Å². The summed E-state index contributed by atoms with van der Waals surface area (Å²) in [5.41, 5.74) is 8.00. The van der Waals surface area contributed by atoms with Crippen LogP contribution in [0.4, 0.5) is 5.69 Å². The van der Waals surface area contributed by atoms with Crippen molar-refractivity contribution in [2.24, 2.45) is 4.99 Å². The molecular weight excluding hydrogens is 860 g/mol. The maximum Gasteiger partial charge on any atom is 0.255 e. The summed E-state index contributed by atoms with van der Waals surface area (Å²) in [6, 6.07) is 32.6. The second kappa shape index (κ2) is 18.3. The molecule has 7 aromatic rings. The van der Waals surface area contributed by atoms with E-state index in [2.05, 4.69) is 33.9 Å². The van der Waals surface area contributed by atoms with Crippen molar-refractivity contribution in [2.75, 3.05) is 32.6 Å². The molecule has 4 heterocycles. The van der Waals surface area contributed by atoms with Gasteiger partial charge in [-0.2, -0.15) is 0 Å². The molecule has 330 valence electrons. The molecule has 14 heteroatoms. The third kappa shape index (κ3) is 8.81. The molecule has 9 rings (SSSR count). The van der Waals surface area contributed by atoms with E-state index in [1.54, 1.807) is 62.0 Å². The summed E-state index contributed by atoms with van der Waals surface area (Å²) >= 11 is 7.96. The Bertz CT molecular complexity index is 2950. The monoisotopic (exact) mass is 906 g/mol. The molecule has 0 bridgehead atoms. The number of phenolic OH excluding ortho intramolecular Hbond substituents is 1. The van der Waals surface area contributed by atoms with Gasteiger partial charge < -0.3 is 29.5 Å². The number of likely N-dealkylation sites (tertiary alicyclic amines) is 1. The van der Waals surface area contributed by atoms with Crippen molar-refractivity contribution in [2.45, 2.75) is 52.2 Å². The zero-order valence-electron chi connectivity index (χ0n) is 36.6. The Morgan fingerprint density at radius 3 is 2.29 bits per heavy atom.